The first-order valence-corrected chi connectivity index (χ1v) is 7.61. The maximum Gasteiger partial charge on any atom is 0.344 e. The summed E-state index contributed by atoms with van der Waals surface area (Å²) in [5.74, 6) is -6.42. The summed E-state index contributed by atoms with van der Waals surface area (Å²) in [6, 6.07) is 2.00. The molecule has 0 aromatic heterocycles. The molecule has 1 aliphatic rings. The van der Waals surface area contributed by atoms with Crippen molar-refractivity contribution in [3.05, 3.63) is 23.3 Å². The van der Waals surface area contributed by atoms with Crippen LogP contribution >= 0.6 is 23.0 Å². The second kappa shape index (κ2) is 4.33. The number of Topliss-reactive ketones (excluding diaryl/α,β-unsaturated/α-hetero) is 1. The molecular formula is C10H6F3IO4S. The van der Waals surface area contributed by atoms with E-state index in [-0.39, 0.29) is 5.75 Å². The van der Waals surface area contributed by atoms with Crippen LogP contribution in [0.5, 0.6) is 5.75 Å². The molecule has 9 heteroatoms. The van der Waals surface area contributed by atoms with Crippen LogP contribution in [-0.4, -0.2) is 26.4 Å². The zero-order valence-corrected chi connectivity index (χ0v) is 12.3. The van der Waals surface area contributed by atoms with E-state index in [1.165, 1.54) is 23.0 Å². The van der Waals surface area contributed by atoms with Crippen molar-refractivity contribution in [1.82, 2.24) is 0 Å². The van der Waals surface area contributed by atoms with Gasteiger partial charge in [0.2, 0.25) is 12.0 Å². The molecule has 0 bridgehead atoms. The van der Waals surface area contributed by atoms with Gasteiger partial charge in [0.1, 0.15) is 5.75 Å². The minimum Gasteiger partial charge on any atom is -0.427 e. The summed E-state index contributed by atoms with van der Waals surface area (Å²) < 4.78 is 68.2. The number of ketones is 1. The Morgan fingerprint density at radius 3 is 2.42 bits per heavy atom. The van der Waals surface area contributed by atoms with E-state index in [2.05, 4.69) is 3.07 Å². The van der Waals surface area contributed by atoms with Crippen LogP contribution in [0.15, 0.2) is 17.0 Å². The number of carbonyl (C=O) groups excluding carboxylic acids is 1. The van der Waals surface area contributed by atoms with Crippen LogP contribution in [0.1, 0.15) is 22.1 Å². The van der Waals surface area contributed by atoms with Crippen molar-refractivity contribution in [2.24, 2.45) is 0 Å². The lowest BCUT2D eigenvalue weighted by Crippen LogP contribution is -2.26. The summed E-state index contributed by atoms with van der Waals surface area (Å²) in [6.45, 7) is 0. The molecule has 0 aliphatic heterocycles. The average Bonchev–Trinajstić information content (AvgIpc) is 2.49. The predicted octanol–water partition coefficient (Wildman–Crippen LogP) is 2.66. The molecule has 19 heavy (non-hydrogen) atoms. The molecule has 1 atom stereocenters. The van der Waals surface area contributed by atoms with Gasteiger partial charge in [-0.1, -0.05) is 0 Å². The third kappa shape index (κ3) is 2.02. The van der Waals surface area contributed by atoms with Crippen molar-refractivity contribution in [3.8, 4) is 5.75 Å². The first-order valence-electron chi connectivity index (χ1n) is 4.84. The van der Waals surface area contributed by atoms with Crippen LogP contribution < -0.4 is 3.07 Å². The summed E-state index contributed by atoms with van der Waals surface area (Å²) >= 11 is 1.34. The number of alkyl halides is 3. The number of hydrogen-bond donors (Lipinski definition) is 0. The monoisotopic (exact) mass is 406 g/mol. The standard InChI is InChI=1S/C10H6F3IO4S/c1-19(16,17)5-3-2-4(18-14)6-7(5)9(15)10(12,13)8(6)11/h2-3,8H,1H3. The third-order valence-corrected chi connectivity index (χ3v) is 4.37. The maximum absolute atomic E-state index is 13.7. The van der Waals surface area contributed by atoms with Gasteiger partial charge in [-0.3, -0.25) is 4.79 Å². The van der Waals surface area contributed by atoms with Gasteiger partial charge in [0.05, 0.1) is 10.5 Å². The Balaban J connectivity index is 2.89. The quantitative estimate of drug-likeness (QED) is 0.709. The summed E-state index contributed by atoms with van der Waals surface area (Å²) in [7, 11) is -3.94. The third-order valence-electron chi connectivity index (χ3n) is 2.75. The molecule has 0 saturated heterocycles. The van der Waals surface area contributed by atoms with Gasteiger partial charge in [-0.15, -0.1) is 0 Å². The number of sulfone groups is 1. The topological polar surface area (TPSA) is 60.4 Å². The molecule has 0 saturated carbocycles. The molecule has 1 unspecified atom stereocenters. The van der Waals surface area contributed by atoms with Gasteiger partial charge < -0.3 is 3.07 Å². The molecule has 1 aromatic rings. The predicted molar refractivity (Wildman–Crippen MR) is 67.3 cm³/mol. The maximum atomic E-state index is 13.7. The number of rotatable bonds is 2. The molecule has 0 N–H and O–H groups in total. The van der Waals surface area contributed by atoms with Gasteiger partial charge in [0.25, 0.3) is 0 Å². The Morgan fingerprint density at radius 1 is 1.37 bits per heavy atom. The van der Waals surface area contributed by atoms with Crippen LogP contribution in [0, 0.1) is 0 Å². The highest BCUT2D eigenvalue weighted by molar-refractivity contribution is 14.1. The molecule has 0 spiro atoms. The lowest BCUT2D eigenvalue weighted by molar-refractivity contribution is -0.0367. The van der Waals surface area contributed by atoms with Gasteiger partial charge in [-0.05, 0) is 12.1 Å². The van der Waals surface area contributed by atoms with E-state index < -0.39 is 43.7 Å². The minimum absolute atomic E-state index is 0.291. The van der Waals surface area contributed by atoms with Gasteiger partial charge in [0, 0.05) is 11.8 Å². The Morgan fingerprint density at radius 2 is 1.95 bits per heavy atom. The smallest absolute Gasteiger partial charge is 0.344 e. The van der Waals surface area contributed by atoms with Gasteiger partial charge in [-0.2, -0.15) is 8.78 Å². The molecule has 0 radical (unpaired) electrons. The van der Waals surface area contributed by atoms with Crippen molar-refractivity contribution < 1.29 is 29.4 Å². The zero-order chi connectivity index (χ0) is 14.6. The largest absolute Gasteiger partial charge is 0.427 e. The highest BCUT2D eigenvalue weighted by Gasteiger charge is 2.59. The average molecular weight is 406 g/mol. The molecule has 0 fully saturated rings. The van der Waals surface area contributed by atoms with Crippen LogP contribution in [0.25, 0.3) is 0 Å². The van der Waals surface area contributed by atoms with Crippen molar-refractivity contribution in [2.45, 2.75) is 17.0 Å². The highest BCUT2D eigenvalue weighted by Crippen LogP contribution is 2.51. The minimum atomic E-state index is -4.28. The van der Waals surface area contributed by atoms with Crippen LogP contribution in [0.3, 0.4) is 0 Å². The second-order valence-electron chi connectivity index (χ2n) is 4.01. The fourth-order valence-corrected chi connectivity index (χ4v) is 3.18. The van der Waals surface area contributed by atoms with Crippen LogP contribution in [0.2, 0.25) is 0 Å². The van der Waals surface area contributed by atoms with Crippen molar-refractivity contribution in [2.75, 3.05) is 6.26 Å². The first kappa shape index (κ1) is 14.6. The fraction of sp³-hybridized carbons (Fsp3) is 0.300. The molecule has 1 aliphatic carbocycles. The molecule has 4 nitrogen and oxygen atoms in total. The van der Waals surface area contributed by atoms with Gasteiger partial charge in [-0.25, -0.2) is 12.8 Å². The van der Waals surface area contributed by atoms with Crippen molar-refractivity contribution >= 4 is 38.6 Å². The highest BCUT2D eigenvalue weighted by atomic mass is 127. The molecule has 1 aromatic carbocycles. The Bertz CT molecular complexity index is 672. The van der Waals surface area contributed by atoms with E-state index in [0.717, 1.165) is 18.4 Å². The second-order valence-corrected chi connectivity index (χ2v) is 6.44. The summed E-state index contributed by atoms with van der Waals surface area (Å²) in [4.78, 5) is 10.9. The lowest BCUT2D eigenvalue weighted by Gasteiger charge is -2.10. The van der Waals surface area contributed by atoms with Gasteiger partial charge in [0.15, 0.2) is 32.8 Å². The number of benzene rings is 1. The fourth-order valence-electron chi connectivity index (χ4n) is 1.91. The van der Waals surface area contributed by atoms with Crippen LogP contribution in [-0.2, 0) is 9.84 Å². The number of hydrogen-bond acceptors (Lipinski definition) is 4. The lowest BCUT2D eigenvalue weighted by atomic mass is 10.1. The molecule has 2 rings (SSSR count). The molecule has 0 amide bonds. The SMILES string of the molecule is CS(=O)(=O)c1ccc(OI)c2c1C(=O)C(F)(F)C2F. The summed E-state index contributed by atoms with van der Waals surface area (Å²) in [5.41, 5.74) is -1.54. The van der Waals surface area contributed by atoms with E-state index in [0.29, 0.717) is 0 Å². The van der Waals surface area contributed by atoms with Crippen molar-refractivity contribution in [1.29, 1.82) is 0 Å². The summed E-state index contributed by atoms with van der Waals surface area (Å²) in [5, 5.41) is 0. The normalized spacial score (nSPS) is 21.3. The van der Waals surface area contributed by atoms with E-state index in [4.69, 9.17) is 0 Å². The number of halogens is 4. The van der Waals surface area contributed by atoms with E-state index >= 15 is 0 Å². The molecular weight excluding hydrogens is 400 g/mol. The van der Waals surface area contributed by atoms with E-state index in [9.17, 15) is 26.4 Å². The van der Waals surface area contributed by atoms with Gasteiger partial charge >= 0.3 is 5.92 Å². The number of fused-ring (bicyclic) bond motifs is 1. The first-order chi connectivity index (χ1) is 8.62. The summed E-state index contributed by atoms with van der Waals surface area (Å²) in [6.07, 6.45) is -2.16. The zero-order valence-electron chi connectivity index (χ0n) is 9.29. The molecule has 104 valence electrons. The molecule has 0 heterocycles. The number of carbonyl (C=O) groups is 1. The van der Waals surface area contributed by atoms with E-state index in [1.54, 1.807) is 0 Å². The Hall–Kier alpha value is -0.840. The Kier molecular flexibility index (Phi) is 3.32. The van der Waals surface area contributed by atoms with Crippen LogP contribution in [0.4, 0.5) is 13.2 Å². The van der Waals surface area contributed by atoms with E-state index in [1.807, 2.05) is 0 Å². The van der Waals surface area contributed by atoms with Crippen molar-refractivity contribution in [3.63, 3.8) is 0 Å². The Labute approximate surface area is 120 Å².